The number of fused-ring (bicyclic) bond motifs is 3. The number of hydrogen-bond acceptors (Lipinski definition) is 4. The van der Waals surface area contributed by atoms with Crippen molar-refractivity contribution in [1.82, 2.24) is 0 Å². The van der Waals surface area contributed by atoms with E-state index >= 15 is 0 Å². The van der Waals surface area contributed by atoms with Crippen molar-refractivity contribution in [2.24, 2.45) is 5.92 Å². The molecule has 0 spiro atoms. The lowest BCUT2D eigenvalue weighted by Crippen LogP contribution is -2.45. The van der Waals surface area contributed by atoms with Crippen LogP contribution in [0.15, 0.2) is 23.8 Å². The van der Waals surface area contributed by atoms with Crippen molar-refractivity contribution in [2.75, 3.05) is 0 Å². The lowest BCUT2D eigenvalue weighted by atomic mass is 9.68. The van der Waals surface area contributed by atoms with E-state index in [1.807, 2.05) is 32.9 Å². The van der Waals surface area contributed by atoms with Crippen LogP contribution >= 0.6 is 0 Å². The standard InChI is InChI=1S/C22H29F3O4S/c1-5-6-7-8-15-12-18-20(19(13-15)29-30(26,27)22(23,24)25)16-11-14(2)9-10-17(16)21(3,4)28-18/h11-13,16-17H,5-10H2,1-4H3. The highest BCUT2D eigenvalue weighted by molar-refractivity contribution is 7.88. The third kappa shape index (κ3) is 4.48. The van der Waals surface area contributed by atoms with Gasteiger partial charge in [0, 0.05) is 17.4 Å². The molecule has 0 fully saturated rings. The van der Waals surface area contributed by atoms with Gasteiger partial charge in [-0.3, -0.25) is 0 Å². The van der Waals surface area contributed by atoms with Gasteiger partial charge in [0.05, 0.1) is 0 Å². The van der Waals surface area contributed by atoms with Gasteiger partial charge in [-0.2, -0.15) is 21.6 Å². The number of alkyl halides is 3. The third-order valence-electron chi connectivity index (χ3n) is 6.06. The normalized spacial score (nSPS) is 23.1. The van der Waals surface area contributed by atoms with Crippen LogP contribution in [0.4, 0.5) is 13.2 Å². The van der Waals surface area contributed by atoms with Crippen LogP contribution in [0.25, 0.3) is 0 Å². The second-order valence-electron chi connectivity index (χ2n) is 8.84. The molecule has 0 amide bonds. The fraction of sp³-hybridized carbons (Fsp3) is 0.636. The van der Waals surface area contributed by atoms with Gasteiger partial charge in [-0.15, -0.1) is 0 Å². The Bertz CT molecular complexity index is 932. The molecule has 2 aliphatic rings. The Morgan fingerprint density at radius 1 is 1.23 bits per heavy atom. The van der Waals surface area contributed by atoms with E-state index in [4.69, 9.17) is 8.92 Å². The molecule has 0 N–H and O–H groups in total. The average Bonchev–Trinajstić information content (AvgIpc) is 2.59. The Kier molecular flexibility index (Phi) is 6.20. The van der Waals surface area contributed by atoms with Crippen molar-refractivity contribution in [3.63, 3.8) is 0 Å². The summed E-state index contributed by atoms with van der Waals surface area (Å²) in [6, 6.07) is 3.27. The number of unbranched alkanes of at least 4 members (excludes halogenated alkanes) is 2. The molecule has 4 nitrogen and oxygen atoms in total. The molecule has 1 aliphatic heterocycles. The molecule has 0 aromatic heterocycles. The third-order valence-corrected chi connectivity index (χ3v) is 7.03. The van der Waals surface area contributed by atoms with Gasteiger partial charge < -0.3 is 8.92 Å². The summed E-state index contributed by atoms with van der Waals surface area (Å²) in [7, 11) is -5.78. The number of rotatable bonds is 6. The number of allylic oxidation sites excluding steroid dienone is 2. The first kappa shape index (κ1) is 23.0. The number of halogens is 3. The zero-order chi connectivity index (χ0) is 22.3. The molecule has 0 radical (unpaired) electrons. The minimum Gasteiger partial charge on any atom is -0.487 e. The minimum absolute atomic E-state index is 0.00980. The topological polar surface area (TPSA) is 52.6 Å². The van der Waals surface area contributed by atoms with Gasteiger partial charge in [-0.25, -0.2) is 0 Å². The van der Waals surface area contributed by atoms with Crippen molar-refractivity contribution in [3.8, 4) is 11.5 Å². The lowest BCUT2D eigenvalue weighted by molar-refractivity contribution is -0.0501. The van der Waals surface area contributed by atoms with E-state index in [-0.39, 0.29) is 17.6 Å². The second-order valence-corrected chi connectivity index (χ2v) is 10.4. The number of hydrogen-bond donors (Lipinski definition) is 0. The second kappa shape index (κ2) is 8.09. The van der Waals surface area contributed by atoms with Gasteiger partial charge in [0.2, 0.25) is 0 Å². The first-order chi connectivity index (χ1) is 13.9. The number of benzene rings is 1. The van der Waals surface area contributed by atoms with E-state index in [1.54, 1.807) is 0 Å². The molecule has 2 unspecified atom stereocenters. The molecule has 8 heteroatoms. The van der Waals surface area contributed by atoms with E-state index < -0.39 is 21.2 Å². The van der Waals surface area contributed by atoms with Crippen molar-refractivity contribution >= 4 is 10.1 Å². The zero-order valence-electron chi connectivity index (χ0n) is 17.8. The van der Waals surface area contributed by atoms with E-state index in [0.717, 1.165) is 37.7 Å². The average molecular weight is 447 g/mol. The van der Waals surface area contributed by atoms with E-state index in [0.29, 0.717) is 23.3 Å². The summed E-state index contributed by atoms with van der Waals surface area (Å²) >= 11 is 0. The van der Waals surface area contributed by atoms with Crippen LogP contribution in [0.2, 0.25) is 0 Å². The van der Waals surface area contributed by atoms with Crippen LogP contribution in [-0.2, 0) is 16.5 Å². The van der Waals surface area contributed by atoms with Crippen molar-refractivity contribution in [3.05, 3.63) is 34.9 Å². The first-order valence-electron chi connectivity index (χ1n) is 10.4. The molecule has 30 heavy (non-hydrogen) atoms. The number of ether oxygens (including phenoxy) is 1. The Hall–Kier alpha value is -1.70. The Balaban J connectivity index is 2.15. The summed E-state index contributed by atoms with van der Waals surface area (Å²) in [5.74, 6) is -0.113. The van der Waals surface area contributed by atoms with Crippen LogP contribution < -0.4 is 8.92 Å². The Morgan fingerprint density at radius 3 is 2.57 bits per heavy atom. The highest BCUT2D eigenvalue weighted by Gasteiger charge is 2.50. The fourth-order valence-electron chi connectivity index (χ4n) is 4.52. The molecule has 1 heterocycles. The smallest absolute Gasteiger partial charge is 0.487 e. The highest BCUT2D eigenvalue weighted by atomic mass is 32.2. The molecule has 3 rings (SSSR count). The van der Waals surface area contributed by atoms with Crippen molar-refractivity contribution in [2.45, 2.75) is 83.2 Å². The molecule has 0 saturated heterocycles. The van der Waals surface area contributed by atoms with E-state index in [2.05, 4.69) is 6.92 Å². The molecular weight excluding hydrogens is 417 g/mol. The number of aryl methyl sites for hydroxylation is 1. The zero-order valence-corrected chi connectivity index (χ0v) is 18.6. The molecule has 1 aromatic rings. The summed E-state index contributed by atoms with van der Waals surface area (Å²) in [4.78, 5) is 0. The molecular formula is C22H29F3O4S. The predicted octanol–water partition coefficient (Wildman–Crippen LogP) is 6.26. The SMILES string of the molecule is CCCCCc1cc2c(c(OS(=O)(=O)C(F)(F)F)c1)C1C=C(C)CCC1C(C)(C)O2. The van der Waals surface area contributed by atoms with Crippen LogP contribution in [0, 0.1) is 5.92 Å². The molecule has 0 saturated carbocycles. The maximum atomic E-state index is 13.1. The summed E-state index contributed by atoms with van der Waals surface area (Å²) < 4.78 is 73.8. The van der Waals surface area contributed by atoms with Crippen molar-refractivity contribution < 1.29 is 30.5 Å². The van der Waals surface area contributed by atoms with Gasteiger partial charge in [-0.1, -0.05) is 31.4 Å². The van der Waals surface area contributed by atoms with E-state index in [1.165, 1.54) is 6.07 Å². The summed E-state index contributed by atoms with van der Waals surface area (Å²) in [6.07, 6.45) is 7.10. The van der Waals surface area contributed by atoms with Crippen LogP contribution in [0.3, 0.4) is 0 Å². The lowest BCUT2D eigenvalue weighted by Gasteiger charge is -2.46. The molecule has 0 bridgehead atoms. The van der Waals surface area contributed by atoms with Crippen LogP contribution in [0.5, 0.6) is 11.5 Å². The molecule has 2 atom stereocenters. The Labute approximate surface area is 176 Å². The highest BCUT2D eigenvalue weighted by Crippen LogP contribution is 2.54. The minimum atomic E-state index is -5.78. The predicted molar refractivity (Wildman–Crippen MR) is 109 cm³/mol. The maximum absolute atomic E-state index is 13.1. The van der Waals surface area contributed by atoms with Crippen LogP contribution in [-0.4, -0.2) is 19.5 Å². The summed E-state index contributed by atoms with van der Waals surface area (Å²) in [5, 5.41) is 0. The van der Waals surface area contributed by atoms with Gasteiger partial charge >= 0.3 is 15.6 Å². The maximum Gasteiger partial charge on any atom is 0.534 e. The summed E-state index contributed by atoms with van der Waals surface area (Å²) in [6.45, 7) is 7.98. The largest absolute Gasteiger partial charge is 0.534 e. The van der Waals surface area contributed by atoms with Crippen LogP contribution in [0.1, 0.15) is 76.8 Å². The quantitative estimate of drug-likeness (QED) is 0.224. The van der Waals surface area contributed by atoms with Gasteiger partial charge in [0.25, 0.3) is 0 Å². The first-order valence-corrected chi connectivity index (χ1v) is 11.8. The Morgan fingerprint density at radius 2 is 1.93 bits per heavy atom. The molecule has 1 aromatic carbocycles. The van der Waals surface area contributed by atoms with Gasteiger partial charge in [-0.05, 0) is 64.2 Å². The molecule has 168 valence electrons. The fourth-order valence-corrected chi connectivity index (χ4v) is 4.99. The van der Waals surface area contributed by atoms with Gasteiger partial charge in [0.15, 0.2) is 5.75 Å². The monoisotopic (exact) mass is 446 g/mol. The van der Waals surface area contributed by atoms with Gasteiger partial charge in [0.1, 0.15) is 11.4 Å². The van der Waals surface area contributed by atoms with E-state index in [9.17, 15) is 21.6 Å². The van der Waals surface area contributed by atoms with Crippen molar-refractivity contribution in [1.29, 1.82) is 0 Å². The molecule has 1 aliphatic carbocycles. The summed E-state index contributed by atoms with van der Waals surface area (Å²) in [5.41, 5.74) is -3.80.